The third-order valence-corrected chi connectivity index (χ3v) is 4.06. The molecular weight excluding hydrogens is 328 g/mol. The number of carbonyl (C=O) groups excluding carboxylic acids is 1. The van der Waals surface area contributed by atoms with E-state index in [1.54, 1.807) is 0 Å². The molecular formula is C17H20N2O4S. The summed E-state index contributed by atoms with van der Waals surface area (Å²) in [7, 11) is 0. The molecule has 2 aliphatic rings. The van der Waals surface area contributed by atoms with Crippen molar-refractivity contribution in [2.45, 2.75) is 19.9 Å². The van der Waals surface area contributed by atoms with Crippen LogP contribution in [0.25, 0.3) is 0 Å². The van der Waals surface area contributed by atoms with Gasteiger partial charge in [-0.05, 0) is 35.8 Å². The highest BCUT2D eigenvalue weighted by Gasteiger charge is 2.38. The molecule has 0 aromatic heterocycles. The third-order valence-electron chi connectivity index (χ3n) is 3.84. The average molecular weight is 348 g/mol. The lowest BCUT2D eigenvalue weighted by Gasteiger charge is -2.35. The number of nitrogens with one attached hydrogen (secondary N) is 2. The van der Waals surface area contributed by atoms with Gasteiger partial charge >= 0.3 is 5.97 Å². The minimum Gasteiger partial charge on any atom is -0.465 e. The first kappa shape index (κ1) is 16.6. The zero-order valence-electron chi connectivity index (χ0n) is 13.6. The second kappa shape index (κ2) is 6.68. The van der Waals surface area contributed by atoms with E-state index >= 15 is 0 Å². The van der Waals surface area contributed by atoms with E-state index in [-0.39, 0.29) is 24.7 Å². The Bertz CT molecular complexity index is 689. The van der Waals surface area contributed by atoms with Crippen LogP contribution in [0.4, 0.5) is 0 Å². The van der Waals surface area contributed by atoms with Gasteiger partial charge in [-0.25, -0.2) is 0 Å². The van der Waals surface area contributed by atoms with Crippen LogP contribution in [0, 0.1) is 11.8 Å². The van der Waals surface area contributed by atoms with Crippen LogP contribution < -0.4 is 20.1 Å². The van der Waals surface area contributed by atoms with Gasteiger partial charge in [0.2, 0.25) is 6.79 Å². The third kappa shape index (κ3) is 3.31. The van der Waals surface area contributed by atoms with Crippen molar-refractivity contribution in [3.05, 3.63) is 36.0 Å². The molecule has 0 unspecified atom stereocenters. The highest BCUT2D eigenvalue weighted by atomic mass is 32.1. The van der Waals surface area contributed by atoms with Crippen molar-refractivity contribution in [1.29, 1.82) is 0 Å². The smallest absolute Gasteiger partial charge is 0.317 e. The molecule has 0 saturated carbocycles. The number of carbonyl (C=O) groups is 1. The maximum atomic E-state index is 12.6. The van der Waals surface area contributed by atoms with E-state index in [0.717, 1.165) is 5.56 Å². The fraction of sp³-hybridized carbons (Fsp3) is 0.412. The van der Waals surface area contributed by atoms with Gasteiger partial charge in [0.25, 0.3) is 0 Å². The summed E-state index contributed by atoms with van der Waals surface area (Å²) in [5.74, 6) is 0.679. The minimum atomic E-state index is -0.587. The Labute approximate surface area is 146 Å². The maximum Gasteiger partial charge on any atom is 0.317 e. The molecule has 7 heteroatoms. The largest absolute Gasteiger partial charge is 0.465 e. The molecule has 1 fully saturated rings. The number of esters is 1. The number of fused-ring (bicyclic) bond motifs is 1. The van der Waals surface area contributed by atoms with E-state index < -0.39 is 5.92 Å². The fourth-order valence-corrected chi connectivity index (χ4v) is 2.94. The van der Waals surface area contributed by atoms with Crippen LogP contribution in [-0.4, -0.2) is 24.5 Å². The number of hydrogen-bond acceptors (Lipinski definition) is 5. The zero-order valence-corrected chi connectivity index (χ0v) is 14.4. The van der Waals surface area contributed by atoms with Crippen molar-refractivity contribution in [2.24, 2.45) is 11.8 Å². The van der Waals surface area contributed by atoms with E-state index in [1.165, 1.54) is 0 Å². The SMILES string of the molecule is C=C1NC(=S)N[C@@H](c2ccc3c(c2)OCO3)[C@@H]1C(=O)OCC(C)C. The van der Waals surface area contributed by atoms with E-state index in [1.807, 2.05) is 32.0 Å². The molecule has 0 spiro atoms. The molecule has 0 amide bonds. The van der Waals surface area contributed by atoms with Gasteiger partial charge in [0.15, 0.2) is 16.6 Å². The first-order valence-corrected chi connectivity index (χ1v) is 8.19. The van der Waals surface area contributed by atoms with Crippen molar-refractivity contribution in [3.63, 3.8) is 0 Å². The normalized spacial score (nSPS) is 22.1. The van der Waals surface area contributed by atoms with Crippen molar-refractivity contribution >= 4 is 23.3 Å². The molecule has 24 heavy (non-hydrogen) atoms. The molecule has 2 aliphatic heterocycles. The monoisotopic (exact) mass is 348 g/mol. The lowest BCUT2D eigenvalue weighted by atomic mass is 9.89. The van der Waals surface area contributed by atoms with Gasteiger partial charge in [0.1, 0.15) is 5.92 Å². The van der Waals surface area contributed by atoms with Crippen LogP contribution >= 0.6 is 12.2 Å². The Morgan fingerprint density at radius 3 is 2.92 bits per heavy atom. The highest BCUT2D eigenvalue weighted by Crippen LogP contribution is 2.38. The number of thiocarbonyl (C=S) groups is 1. The second-order valence-electron chi connectivity index (χ2n) is 6.22. The molecule has 1 saturated heterocycles. The first-order chi connectivity index (χ1) is 11.5. The Morgan fingerprint density at radius 2 is 2.17 bits per heavy atom. The van der Waals surface area contributed by atoms with Crippen LogP contribution in [0.3, 0.4) is 0 Å². The first-order valence-electron chi connectivity index (χ1n) is 7.78. The van der Waals surface area contributed by atoms with Gasteiger partial charge in [-0.2, -0.15) is 0 Å². The quantitative estimate of drug-likeness (QED) is 0.639. The maximum absolute atomic E-state index is 12.6. The topological polar surface area (TPSA) is 68.8 Å². The van der Waals surface area contributed by atoms with E-state index in [9.17, 15) is 4.79 Å². The van der Waals surface area contributed by atoms with E-state index in [2.05, 4.69) is 17.2 Å². The van der Waals surface area contributed by atoms with Gasteiger partial charge in [-0.3, -0.25) is 4.79 Å². The highest BCUT2D eigenvalue weighted by molar-refractivity contribution is 7.80. The fourth-order valence-electron chi connectivity index (χ4n) is 2.68. The van der Waals surface area contributed by atoms with Gasteiger partial charge < -0.3 is 24.8 Å². The molecule has 0 aliphatic carbocycles. The van der Waals surface area contributed by atoms with Crippen molar-refractivity contribution < 1.29 is 19.0 Å². The van der Waals surface area contributed by atoms with Crippen molar-refractivity contribution in [1.82, 2.24) is 10.6 Å². The molecule has 3 rings (SSSR count). The molecule has 6 nitrogen and oxygen atoms in total. The van der Waals surface area contributed by atoms with Crippen molar-refractivity contribution in [3.8, 4) is 11.5 Å². The van der Waals surface area contributed by atoms with E-state index in [0.29, 0.717) is 28.9 Å². The Kier molecular flexibility index (Phi) is 4.62. The molecule has 2 heterocycles. The predicted molar refractivity (Wildman–Crippen MR) is 92.6 cm³/mol. The van der Waals surface area contributed by atoms with Crippen LogP contribution in [0.5, 0.6) is 11.5 Å². The number of ether oxygens (including phenoxy) is 3. The molecule has 2 N–H and O–H groups in total. The summed E-state index contributed by atoms with van der Waals surface area (Å²) >= 11 is 5.21. The average Bonchev–Trinajstić information content (AvgIpc) is 2.99. The van der Waals surface area contributed by atoms with Crippen LogP contribution in [-0.2, 0) is 9.53 Å². The molecule has 2 atom stereocenters. The number of rotatable bonds is 4. The lowest BCUT2D eigenvalue weighted by molar-refractivity contribution is -0.149. The molecule has 1 aromatic carbocycles. The van der Waals surface area contributed by atoms with Gasteiger partial charge in [0.05, 0.1) is 12.6 Å². The summed E-state index contributed by atoms with van der Waals surface area (Å²) in [6.45, 7) is 8.49. The van der Waals surface area contributed by atoms with Crippen molar-refractivity contribution in [2.75, 3.05) is 13.4 Å². The molecule has 0 radical (unpaired) electrons. The Hall–Kier alpha value is -2.28. The number of benzene rings is 1. The Morgan fingerprint density at radius 1 is 1.42 bits per heavy atom. The molecule has 0 bridgehead atoms. The summed E-state index contributed by atoms with van der Waals surface area (Å²) in [5, 5.41) is 6.48. The van der Waals surface area contributed by atoms with Crippen LogP contribution in [0.15, 0.2) is 30.5 Å². The van der Waals surface area contributed by atoms with Crippen LogP contribution in [0.2, 0.25) is 0 Å². The summed E-state index contributed by atoms with van der Waals surface area (Å²) in [4.78, 5) is 12.6. The summed E-state index contributed by atoms with van der Waals surface area (Å²) < 4.78 is 16.2. The summed E-state index contributed by atoms with van der Waals surface area (Å²) in [6.07, 6.45) is 0. The predicted octanol–water partition coefficient (Wildman–Crippen LogP) is 2.26. The van der Waals surface area contributed by atoms with Gasteiger partial charge in [-0.1, -0.05) is 26.5 Å². The number of hydrogen-bond donors (Lipinski definition) is 2. The molecule has 1 aromatic rings. The standard InChI is InChI=1S/C17H20N2O4S/c1-9(2)7-21-16(20)14-10(3)18-17(24)19-15(14)11-4-5-12-13(6-11)23-8-22-12/h4-6,9,14-15H,3,7-8H2,1-2H3,(H2,18,19,24)/t14-,15+/m1/s1. The van der Waals surface area contributed by atoms with Gasteiger partial charge in [0, 0.05) is 5.70 Å². The summed E-state index contributed by atoms with van der Waals surface area (Å²) in [5.41, 5.74) is 1.38. The molecule has 128 valence electrons. The van der Waals surface area contributed by atoms with Gasteiger partial charge in [-0.15, -0.1) is 0 Å². The zero-order chi connectivity index (χ0) is 17.3. The summed E-state index contributed by atoms with van der Waals surface area (Å²) in [6, 6.07) is 5.18. The minimum absolute atomic E-state index is 0.198. The Balaban J connectivity index is 1.87. The lowest BCUT2D eigenvalue weighted by Crippen LogP contribution is -2.51. The van der Waals surface area contributed by atoms with E-state index in [4.69, 9.17) is 26.4 Å². The van der Waals surface area contributed by atoms with Crippen LogP contribution in [0.1, 0.15) is 25.5 Å². The second-order valence-corrected chi connectivity index (χ2v) is 6.62.